The average molecular weight is 275 g/mol. The molecule has 0 unspecified atom stereocenters. The largest absolute Gasteiger partial charge is 0.311 e. The maximum atomic E-state index is 4.77. The summed E-state index contributed by atoms with van der Waals surface area (Å²) in [6.45, 7) is 4.49. The molecule has 0 bridgehead atoms. The molecule has 0 amide bonds. The Balaban J connectivity index is 1.47. The van der Waals surface area contributed by atoms with E-state index in [9.17, 15) is 0 Å². The highest BCUT2D eigenvalue weighted by molar-refractivity contribution is 5.00. The molecule has 0 aromatic carbocycles. The first-order chi connectivity index (χ1) is 9.75. The Labute approximate surface area is 123 Å². The minimum Gasteiger partial charge on any atom is -0.311 e. The lowest BCUT2D eigenvalue weighted by molar-refractivity contribution is 0.311. The van der Waals surface area contributed by atoms with Crippen molar-refractivity contribution in [1.82, 2.24) is 15.1 Å². The molecule has 2 aliphatic rings. The van der Waals surface area contributed by atoms with E-state index in [0.717, 1.165) is 13.1 Å². The molecule has 0 atom stereocenters. The summed E-state index contributed by atoms with van der Waals surface area (Å²) in [6, 6.07) is 2.85. The van der Waals surface area contributed by atoms with Gasteiger partial charge in [0.15, 0.2) is 0 Å². The predicted molar refractivity (Wildman–Crippen MR) is 82.6 cm³/mol. The number of rotatable bonds is 5. The third kappa shape index (κ3) is 3.43. The predicted octanol–water partition coefficient (Wildman–Crippen LogP) is 4.06. The van der Waals surface area contributed by atoms with Gasteiger partial charge in [-0.05, 0) is 37.2 Å². The lowest BCUT2D eigenvalue weighted by Crippen LogP contribution is -2.29. The molecule has 1 heterocycles. The zero-order chi connectivity index (χ0) is 13.8. The van der Waals surface area contributed by atoms with E-state index in [4.69, 9.17) is 5.10 Å². The molecule has 2 saturated carbocycles. The molecule has 2 aliphatic carbocycles. The van der Waals surface area contributed by atoms with Crippen LogP contribution in [0.3, 0.4) is 0 Å². The van der Waals surface area contributed by atoms with Crippen molar-refractivity contribution in [2.45, 2.75) is 77.3 Å². The van der Waals surface area contributed by atoms with Crippen molar-refractivity contribution in [3.63, 3.8) is 0 Å². The Morgan fingerprint density at radius 1 is 1.20 bits per heavy atom. The van der Waals surface area contributed by atoms with Crippen molar-refractivity contribution in [3.8, 4) is 0 Å². The van der Waals surface area contributed by atoms with Crippen LogP contribution < -0.4 is 5.32 Å². The minimum absolute atomic E-state index is 0.534. The van der Waals surface area contributed by atoms with Gasteiger partial charge in [-0.25, -0.2) is 0 Å². The second kappa shape index (κ2) is 6.30. The topological polar surface area (TPSA) is 29.9 Å². The second-order valence-electron chi connectivity index (χ2n) is 7.20. The van der Waals surface area contributed by atoms with Crippen molar-refractivity contribution in [2.75, 3.05) is 6.54 Å². The SMILES string of the molecule is CC1(CNCc2ccn(C3CCCCC3)n2)CCCC1. The van der Waals surface area contributed by atoms with Crippen molar-refractivity contribution < 1.29 is 0 Å². The van der Waals surface area contributed by atoms with Crippen LogP contribution in [0.4, 0.5) is 0 Å². The van der Waals surface area contributed by atoms with Gasteiger partial charge in [0.05, 0.1) is 11.7 Å². The average Bonchev–Trinajstić information content (AvgIpc) is 3.10. The third-order valence-corrected chi connectivity index (χ3v) is 5.28. The Kier molecular flexibility index (Phi) is 4.45. The molecule has 0 radical (unpaired) electrons. The maximum Gasteiger partial charge on any atom is 0.0762 e. The van der Waals surface area contributed by atoms with Gasteiger partial charge >= 0.3 is 0 Å². The molecule has 2 fully saturated rings. The minimum atomic E-state index is 0.534. The van der Waals surface area contributed by atoms with Gasteiger partial charge < -0.3 is 5.32 Å². The van der Waals surface area contributed by atoms with E-state index >= 15 is 0 Å². The van der Waals surface area contributed by atoms with Crippen LogP contribution in [-0.4, -0.2) is 16.3 Å². The van der Waals surface area contributed by atoms with Crippen molar-refractivity contribution in [2.24, 2.45) is 5.41 Å². The molecule has 20 heavy (non-hydrogen) atoms. The molecule has 0 spiro atoms. The van der Waals surface area contributed by atoms with E-state index in [1.54, 1.807) is 0 Å². The summed E-state index contributed by atoms with van der Waals surface area (Å²) in [5.74, 6) is 0. The summed E-state index contributed by atoms with van der Waals surface area (Å²) in [7, 11) is 0. The fourth-order valence-corrected chi connectivity index (χ4v) is 3.92. The molecule has 1 aromatic rings. The lowest BCUT2D eigenvalue weighted by Gasteiger charge is -2.23. The molecule has 3 rings (SSSR count). The van der Waals surface area contributed by atoms with Gasteiger partial charge in [0.25, 0.3) is 0 Å². The van der Waals surface area contributed by atoms with Gasteiger partial charge in [-0.1, -0.05) is 39.0 Å². The summed E-state index contributed by atoms with van der Waals surface area (Å²) in [5.41, 5.74) is 1.74. The monoisotopic (exact) mass is 275 g/mol. The van der Waals surface area contributed by atoms with Crippen LogP contribution >= 0.6 is 0 Å². The third-order valence-electron chi connectivity index (χ3n) is 5.28. The van der Waals surface area contributed by atoms with Gasteiger partial charge in [-0.3, -0.25) is 4.68 Å². The molecule has 1 aromatic heterocycles. The zero-order valence-electron chi connectivity index (χ0n) is 12.9. The van der Waals surface area contributed by atoms with Crippen molar-refractivity contribution in [3.05, 3.63) is 18.0 Å². The first-order valence-electron chi connectivity index (χ1n) is 8.50. The molecule has 3 heteroatoms. The number of hydrogen-bond donors (Lipinski definition) is 1. The number of nitrogens with zero attached hydrogens (tertiary/aromatic N) is 2. The summed E-state index contributed by atoms with van der Waals surface area (Å²) in [5, 5.41) is 8.40. The van der Waals surface area contributed by atoms with E-state index in [2.05, 4.69) is 29.2 Å². The van der Waals surface area contributed by atoms with Crippen LogP contribution in [0, 0.1) is 5.41 Å². The molecule has 112 valence electrons. The van der Waals surface area contributed by atoms with Crippen LogP contribution in [0.15, 0.2) is 12.3 Å². The summed E-state index contributed by atoms with van der Waals surface area (Å²) in [4.78, 5) is 0. The Hall–Kier alpha value is -0.830. The van der Waals surface area contributed by atoms with Gasteiger partial charge in [-0.15, -0.1) is 0 Å². The highest BCUT2D eigenvalue weighted by Crippen LogP contribution is 2.36. The van der Waals surface area contributed by atoms with Gasteiger partial charge in [0.2, 0.25) is 0 Å². The van der Waals surface area contributed by atoms with Gasteiger partial charge in [0.1, 0.15) is 0 Å². The van der Waals surface area contributed by atoms with Crippen LogP contribution in [0.5, 0.6) is 0 Å². The molecular formula is C17H29N3. The summed E-state index contributed by atoms with van der Waals surface area (Å²) < 4.78 is 2.22. The zero-order valence-corrected chi connectivity index (χ0v) is 12.9. The van der Waals surface area contributed by atoms with Crippen molar-refractivity contribution >= 4 is 0 Å². The van der Waals surface area contributed by atoms with E-state index in [-0.39, 0.29) is 0 Å². The van der Waals surface area contributed by atoms with E-state index in [1.165, 1.54) is 63.5 Å². The Morgan fingerprint density at radius 3 is 2.70 bits per heavy atom. The molecule has 3 nitrogen and oxygen atoms in total. The molecule has 0 saturated heterocycles. The van der Waals surface area contributed by atoms with E-state index < -0.39 is 0 Å². The number of nitrogens with one attached hydrogen (secondary N) is 1. The van der Waals surface area contributed by atoms with Gasteiger partial charge in [0, 0.05) is 19.3 Å². The number of hydrogen-bond acceptors (Lipinski definition) is 2. The smallest absolute Gasteiger partial charge is 0.0762 e. The van der Waals surface area contributed by atoms with Crippen LogP contribution in [0.25, 0.3) is 0 Å². The van der Waals surface area contributed by atoms with E-state index in [0.29, 0.717) is 11.5 Å². The first kappa shape index (κ1) is 14.1. The summed E-state index contributed by atoms with van der Waals surface area (Å²) >= 11 is 0. The van der Waals surface area contributed by atoms with Gasteiger partial charge in [-0.2, -0.15) is 5.10 Å². The summed E-state index contributed by atoms with van der Waals surface area (Å²) in [6.07, 6.45) is 14.6. The van der Waals surface area contributed by atoms with E-state index in [1.807, 2.05) is 0 Å². The highest BCUT2D eigenvalue weighted by Gasteiger charge is 2.27. The standard InChI is InChI=1S/C17H29N3/c1-17(10-5-6-11-17)14-18-13-15-9-12-20(19-15)16-7-3-2-4-8-16/h9,12,16,18H,2-8,10-11,13-14H2,1H3. The molecule has 1 N–H and O–H groups in total. The first-order valence-corrected chi connectivity index (χ1v) is 8.50. The van der Waals surface area contributed by atoms with Crippen LogP contribution in [0.1, 0.15) is 76.4 Å². The quantitative estimate of drug-likeness (QED) is 0.878. The highest BCUT2D eigenvalue weighted by atomic mass is 15.3. The maximum absolute atomic E-state index is 4.77. The van der Waals surface area contributed by atoms with Crippen LogP contribution in [0.2, 0.25) is 0 Å². The van der Waals surface area contributed by atoms with Crippen LogP contribution in [-0.2, 0) is 6.54 Å². The molecule has 0 aliphatic heterocycles. The fraction of sp³-hybridized carbons (Fsp3) is 0.824. The normalized spacial score (nSPS) is 23.2. The molecular weight excluding hydrogens is 246 g/mol. The number of aromatic nitrogens is 2. The second-order valence-corrected chi connectivity index (χ2v) is 7.20. The fourth-order valence-electron chi connectivity index (χ4n) is 3.92. The Morgan fingerprint density at radius 2 is 1.95 bits per heavy atom. The van der Waals surface area contributed by atoms with Crippen molar-refractivity contribution in [1.29, 1.82) is 0 Å². The lowest BCUT2D eigenvalue weighted by atomic mass is 9.89. The Bertz CT molecular complexity index is 412.